The third-order valence-electron chi connectivity index (χ3n) is 5.06. The van der Waals surface area contributed by atoms with Crippen LogP contribution >= 0.6 is 0 Å². The summed E-state index contributed by atoms with van der Waals surface area (Å²) < 4.78 is 0. The highest BCUT2D eigenvalue weighted by Crippen LogP contribution is 2.43. The summed E-state index contributed by atoms with van der Waals surface area (Å²) in [6.45, 7) is 6.50. The van der Waals surface area contributed by atoms with Crippen LogP contribution in [-0.4, -0.2) is 0 Å². The van der Waals surface area contributed by atoms with Crippen LogP contribution < -0.4 is 0 Å². The lowest BCUT2D eigenvalue weighted by molar-refractivity contribution is 0.398. The van der Waals surface area contributed by atoms with E-state index in [0.29, 0.717) is 0 Å². The molecule has 0 N–H and O–H groups in total. The minimum Gasteiger partial charge on any atom is -0.0952 e. The Hall–Kier alpha value is -1.56. The van der Waals surface area contributed by atoms with Crippen molar-refractivity contribution in [1.29, 1.82) is 0 Å². The fraction of sp³-hybridized carbons (Fsp3) is 0.400. The van der Waals surface area contributed by atoms with Crippen LogP contribution in [0.5, 0.6) is 0 Å². The van der Waals surface area contributed by atoms with Gasteiger partial charge in [-0.15, -0.1) is 0 Å². The summed E-state index contributed by atoms with van der Waals surface area (Å²) >= 11 is 0. The zero-order valence-electron chi connectivity index (χ0n) is 12.4. The Morgan fingerprint density at radius 2 is 1.95 bits per heavy atom. The molecule has 0 spiro atoms. The van der Waals surface area contributed by atoms with Gasteiger partial charge in [-0.1, -0.05) is 55.1 Å². The Morgan fingerprint density at radius 1 is 1.15 bits per heavy atom. The van der Waals surface area contributed by atoms with Gasteiger partial charge in [-0.05, 0) is 67.1 Å². The molecule has 0 heteroatoms. The third kappa shape index (κ3) is 2.65. The van der Waals surface area contributed by atoms with Gasteiger partial charge in [0, 0.05) is 0 Å². The van der Waals surface area contributed by atoms with Crippen LogP contribution in [0.4, 0.5) is 0 Å². The van der Waals surface area contributed by atoms with E-state index in [1.165, 1.54) is 36.0 Å². The van der Waals surface area contributed by atoms with Crippen LogP contribution in [-0.2, 0) is 0 Å². The number of benzene rings is 1. The van der Waals surface area contributed by atoms with E-state index in [9.17, 15) is 0 Å². The molecule has 0 bridgehead atoms. The van der Waals surface area contributed by atoms with E-state index >= 15 is 0 Å². The van der Waals surface area contributed by atoms with Crippen molar-refractivity contribution in [3.05, 3.63) is 66.3 Å². The van der Waals surface area contributed by atoms with Crippen LogP contribution in [0.25, 0.3) is 5.57 Å². The summed E-state index contributed by atoms with van der Waals surface area (Å²) in [6.07, 6.45) is 14.5. The maximum absolute atomic E-state index is 4.32. The molecule has 1 aromatic rings. The lowest BCUT2D eigenvalue weighted by Gasteiger charge is -2.22. The molecule has 0 heterocycles. The van der Waals surface area contributed by atoms with Crippen LogP contribution in [0.15, 0.2) is 55.1 Å². The first-order valence-electron chi connectivity index (χ1n) is 7.84. The SMILES string of the molecule is C=C(CCC1CCC2C=CC=CC21)c1ccccc1C. The molecule has 1 saturated carbocycles. The van der Waals surface area contributed by atoms with E-state index in [4.69, 9.17) is 0 Å². The van der Waals surface area contributed by atoms with Gasteiger partial charge in [-0.25, -0.2) is 0 Å². The van der Waals surface area contributed by atoms with Crippen LogP contribution in [0.1, 0.15) is 36.8 Å². The fourth-order valence-electron chi connectivity index (χ4n) is 3.87. The number of allylic oxidation sites excluding steroid dienone is 5. The second-order valence-corrected chi connectivity index (χ2v) is 6.31. The molecule has 104 valence electrons. The van der Waals surface area contributed by atoms with E-state index in [1.54, 1.807) is 0 Å². The number of hydrogen-bond acceptors (Lipinski definition) is 0. The van der Waals surface area contributed by atoms with Crippen molar-refractivity contribution >= 4 is 5.57 Å². The van der Waals surface area contributed by atoms with E-state index < -0.39 is 0 Å². The quantitative estimate of drug-likeness (QED) is 0.668. The normalized spacial score (nSPS) is 27.6. The molecule has 1 fully saturated rings. The smallest absolute Gasteiger partial charge is 0.0139 e. The average molecular weight is 264 g/mol. The van der Waals surface area contributed by atoms with Gasteiger partial charge in [0.2, 0.25) is 0 Å². The van der Waals surface area contributed by atoms with E-state index in [-0.39, 0.29) is 0 Å². The highest BCUT2D eigenvalue weighted by atomic mass is 14.4. The van der Waals surface area contributed by atoms with Gasteiger partial charge in [-0.2, -0.15) is 0 Å². The van der Waals surface area contributed by atoms with E-state index in [0.717, 1.165) is 24.2 Å². The molecular weight excluding hydrogens is 240 g/mol. The number of fused-ring (bicyclic) bond motifs is 1. The third-order valence-corrected chi connectivity index (χ3v) is 5.06. The summed E-state index contributed by atoms with van der Waals surface area (Å²) in [6, 6.07) is 8.61. The Kier molecular flexibility index (Phi) is 3.91. The van der Waals surface area contributed by atoms with E-state index in [1.807, 2.05) is 0 Å². The predicted octanol–water partition coefficient (Wildman–Crippen LogP) is 5.56. The number of aryl methyl sites for hydroxylation is 1. The maximum Gasteiger partial charge on any atom is -0.0139 e. The monoisotopic (exact) mass is 264 g/mol. The summed E-state index contributed by atoms with van der Waals surface area (Å²) in [5, 5.41) is 0. The van der Waals surface area contributed by atoms with E-state index in [2.05, 4.69) is 62.1 Å². The molecule has 0 nitrogen and oxygen atoms in total. The number of hydrogen-bond donors (Lipinski definition) is 0. The Morgan fingerprint density at radius 3 is 2.80 bits per heavy atom. The van der Waals surface area contributed by atoms with Crippen molar-refractivity contribution in [2.75, 3.05) is 0 Å². The van der Waals surface area contributed by atoms with Crippen LogP contribution in [0.3, 0.4) is 0 Å². The van der Waals surface area contributed by atoms with Gasteiger partial charge < -0.3 is 0 Å². The molecule has 0 amide bonds. The molecule has 3 unspecified atom stereocenters. The van der Waals surface area contributed by atoms with Gasteiger partial charge in [0.05, 0.1) is 0 Å². The molecule has 0 radical (unpaired) electrons. The first kappa shape index (κ1) is 13.4. The topological polar surface area (TPSA) is 0 Å². The second kappa shape index (κ2) is 5.83. The average Bonchev–Trinajstić information content (AvgIpc) is 2.88. The Balaban J connectivity index is 1.60. The summed E-state index contributed by atoms with van der Waals surface area (Å²) in [5.74, 6) is 2.43. The van der Waals surface area contributed by atoms with Crippen molar-refractivity contribution in [1.82, 2.24) is 0 Å². The van der Waals surface area contributed by atoms with Gasteiger partial charge in [0.25, 0.3) is 0 Å². The second-order valence-electron chi connectivity index (χ2n) is 6.31. The molecule has 0 saturated heterocycles. The highest BCUT2D eigenvalue weighted by molar-refractivity contribution is 5.65. The minimum absolute atomic E-state index is 0.782. The summed E-state index contributed by atoms with van der Waals surface area (Å²) in [7, 11) is 0. The van der Waals surface area contributed by atoms with Crippen LogP contribution in [0.2, 0.25) is 0 Å². The minimum atomic E-state index is 0.782. The molecule has 2 aliphatic rings. The molecule has 3 atom stereocenters. The van der Waals surface area contributed by atoms with Crippen molar-refractivity contribution in [2.24, 2.45) is 17.8 Å². The zero-order chi connectivity index (χ0) is 13.9. The fourth-order valence-corrected chi connectivity index (χ4v) is 3.87. The van der Waals surface area contributed by atoms with Crippen LogP contribution in [0, 0.1) is 24.7 Å². The van der Waals surface area contributed by atoms with Crippen molar-refractivity contribution in [3.8, 4) is 0 Å². The molecule has 2 aliphatic carbocycles. The molecule has 20 heavy (non-hydrogen) atoms. The molecule has 1 aromatic carbocycles. The lowest BCUT2D eigenvalue weighted by atomic mass is 9.83. The maximum atomic E-state index is 4.32. The van der Waals surface area contributed by atoms with Gasteiger partial charge in [-0.3, -0.25) is 0 Å². The highest BCUT2D eigenvalue weighted by Gasteiger charge is 2.33. The Bertz CT molecular complexity index is 547. The number of rotatable bonds is 4. The lowest BCUT2D eigenvalue weighted by Crippen LogP contribution is -2.13. The first-order chi connectivity index (χ1) is 9.75. The molecule has 0 aromatic heterocycles. The summed E-state index contributed by atoms with van der Waals surface area (Å²) in [4.78, 5) is 0. The molecule has 3 rings (SSSR count). The first-order valence-corrected chi connectivity index (χ1v) is 7.84. The van der Waals surface area contributed by atoms with Gasteiger partial charge >= 0.3 is 0 Å². The van der Waals surface area contributed by atoms with Crippen molar-refractivity contribution in [2.45, 2.75) is 32.6 Å². The standard InChI is InChI=1S/C20H24/c1-15-7-3-5-9-19(15)16(2)11-12-18-14-13-17-8-4-6-10-20(17)18/h3-10,17-18,20H,2,11-14H2,1H3. The van der Waals surface area contributed by atoms with Gasteiger partial charge in [0.1, 0.15) is 0 Å². The summed E-state index contributed by atoms with van der Waals surface area (Å²) in [5.41, 5.74) is 4.00. The zero-order valence-corrected chi connectivity index (χ0v) is 12.4. The largest absolute Gasteiger partial charge is 0.0952 e. The Labute approximate surface area is 122 Å². The van der Waals surface area contributed by atoms with Crippen molar-refractivity contribution in [3.63, 3.8) is 0 Å². The van der Waals surface area contributed by atoms with Gasteiger partial charge in [0.15, 0.2) is 0 Å². The van der Waals surface area contributed by atoms with Crippen molar-refractivity contribution < 1.29 is 0 Å². The molecule has 0 aliphatic heterocycles. The molecular formula is C20H24. The predicted molar refractivity (Wildman–Crippen MR) is 87.4 cm³/mol.